The number of carbonyl (C=O) groups is 1. The topological polar surface area (TPSA) is 46.5 Å². The average Bonchev–Trinajstić information content (AvgIpc) is 2.80. The molecular formula is C29H38O3. The van der Waals surface area contributed by atoms with Gasteiger partial charge in [-0.05, 0) is 72.9 Å². The standard InChI is InChI=1S/C29H38O3/c30-29(31)18-12-13-24-19-21-27(22-20-24)32-23-26-16-8-5-3-1-2-4-6-11-17-28(26)25-14-9-7-10-15-25/h7,9-10,14-15,19-22H,1-6,8,11-13,16-18,23H2,(H,30,31). The Morgan fingerprint density at radius 3 is 2.06 bits per heavy atom. The Bertz CT molecular complexity index is 836. The number of carboxylic acids is 1. The number of ether oxygens (including phenoxy) is 1. The van der Waals surface area contributed by atoms with Crippen LogP contribution in [0.25, 0.3) is 5.57 Å². The fourth-order valence-corrected chi connectivity index (χ4v) is 4.54. The highest BCUT2D eigenvalue weighted by Gasteiger charge is 2.12. The van der Waals surface area contributed by atoms with Crippen molar-refractivity contribution in [2.75, 3.05) is 6.61 Å². The molecule has 3 heteroatoms. The number of allylic oxidation sites excluding steroid dienone is 1. The zero-order valence-electron chi connectivity index (χ0n) is 19.4. The van der Waals surface area contributed by atoms with Crippen molar-refractivity contribution in [2.45, 2.75) is 83.5 Å². The fraction of sp³-hybridized carbons (Fsp3) is 0.483. The molecule has 2 aromatic rings. The van der Waals surface area contributed by atoms with Crippen molar-refractivity contribution in [3.8, 4) is 5.75 Å². The summed E-state index contributed by atoms with van der Waals surface area (Å²) in [5.74, 6) is 0.155. The predicted molar refractivity (Wildman–Crippen MR) is 132 cm³/mol. The summed E-state index contributed by atoms with van der Waals surface area (Å²) in [5, 5.41) is 8.81. The number of hydrogen-bond acceptors (Lipinski definition) is 2. The molecule has 0 amide bonds. The van der Waals surface area contributed by atoms with Crippen molar-refractivity contribution < 1.29 is 14.6 Å². The van der Waals surface area contributed by atoms with Crippen molar-refractivity contribution in [3.05, 3.63) is 71.3 Å². The van der Waals surface area contributed by atoms with Crippen LogP contribution in [0.3, 0.4) is 0 Å². The lowest BCUT2D eigenvalue weighted by molar-refractivity contribution is -0.137. The molecule has 0 unspecified atom stereocenters. The van der Waals surface area contributed by atoms with Gasteiger partial charge >= 0.3 is 5.97 Å². The van der Waals surface area contributed by atoms with Crippen LogP contribution in [-0.2, 0) is 11.2 Å². The van der Waals surface area contributed by atoms with Crippen LogP contribution >= 0.6 is 0 Å². The number of hydrogen-bond donors (Lipinski definition) is 1. The third kappa shape index (κ3) is 8.53. The van der Waals surface area contributed by atoms with Gasteiger partial charge in [0.25, 0.3) is 0 Å². The van der Waals surface area contributed by atoms with Gasteiger partial charge in [0, 0.05) is 6.42 Å². The van der Waals surface area contributed by atoms with Gasteiger partial charge in [-0.2, -0.15) is 0 Å². The van der Waals surface area contributed by atoms with Crippen LogP contribution in [0, 0.1) is 0 Å². The quantitative estimate of drug-likeness (QED) is 0.460. The van der Waals surface area contributed by atoms with E-state index in [0.717, 1.165) is 30.6 Å². The molecule has 0 saturated heterocycles. The molecule has 0 aromatic heterocycles. The number of aryl methyl sites for hydroxylation is 1. The van der Waals surface area contributed by atoms with Crippen LogP contribution in [-0.4, -0.2) is 17.7 Å². The minimum Gasteiger partial charge on any atom is -0.489 e. The lowest BCUT2D eigenvalue weighted by Crippen LogP contribution is -2.06. The van der Waals surface area contributed by atoms with Crippen LogP contribution in [0.1, 0.15) is 88.2 Å². The van der Waals surface area contributed by atoms with Gasteiger partial charge in [-0.15, -0.1) is 0 Å². The maximum Gasteiger partial charge on any atom is 0.303 e. The number of benzene rings is 2. The second-order valence-electron chi connectivity index (χ2n) is 8.96. The first-order chi connectivity index (χ1) is 15.7. The highest BCUT2D eigenvalue weighted by molar-refractivity contribution is 5.69. The highest BCUT2D eigenvalue weighted by atomic mass is 16.5. The van der Waals surface area contributed by atoms with E-state index in [9.17, 15) is 4.79 Å². The van der Waals surface area contributed by atoms with Crippen LogP contribution in [0.4, 0.5) is 0 Å². The minimum atomic E-state index is -0.732. The van der Waals surface area contributed by atoms with Crippen LogP contribution < -0.4 is 4.74 Å². The van der Waals surface area contributed by atoms with Crippen molar-refractivity contribution in [1.82, 2.24) is 0 Å². The number of rotatable bonds is 8. The zero-order valence-corrected chi connectivity index (χ0v) is 19.4. The van der Waals surface area contributed by atoms with Crippen molar-refractivity contribution in [2.24, 2.45) is 0 Å². The molecule has 2 aromatic carbocycles. The number of carboxylic acid groups (broad SMARTS) is 1. The van der Waals surface area contributed by atoms with E-state index in [4.69, 9.17) is 9.84 Å². The molecule has 1 aliphatic carbocycles. The molecule has 0 radical (unpaired) electrons. The first-order valence-electron chi connectivity index (χ1n) is 12.4. The maximum absolute atomic E-state index is 10.7. The number of aliphatic carboxylic acids is 1. The third-order valence-electron chi connectivity index (χ3n) is 6.40. The molecule has 3 nitrogen and oxygen atoms in total. The summed E-state index contributed by atoms with van der Waals surface area (Å²) in [5.41, 5.74) is 5.43. The van der Waals surface area contributed by atoms with Gasteiger partial charge in [0.1, 0.15) is 12.4 Å². The van der Waals surface area contributed by atoms with Gasteiger partial charge in [0.15, 0.2) is 0 Å². The maximum atomic E-state index is 10.7. The van der Waals surface area contributed by atoms with E-state index in [-0.39, 0.29) is 6.42 Å². The Kier molecular flexibility index (Phi) is 10.4. The Balaban J connectivity index is 1.70. The van der Waals surface area contributed by atoms with E-state index in [1.165, 1.54) is 68.1 Å². The third-order valence-corrected chi connectivity index (χ3v) is 6.40. The molecular weight excluding hydrogens is 396 g/mol. The van der Waals surface area contributed by atoms with E-state index in [1.54, 1.807) is 0 Å². The first-order valence-corrected chi connectivity index (χ1v) is 12.4. The minimum absolute atomic E-state index is 0.217. The summed E-state index contributed by atoms with van der Waals surface area (Å²) in [6, 6.07) is 19.0. The smallest absolute Gasteiger partial charge is 0.303 e. The molecule has 0 spiro atoms. The fourth-order valence-electron chi connectivity index (χ4n) is 4.54. The highest BCUT2D eigenvalue weighted by Crippen LogP contribution is 2.30. The van der Waals surface area contributed by atoms with Crippen molar-refractivity contribution >= 4 is 11.5 Å². The summed E-state index contributed by atoms with van der Waals surface area (Å²) >= 11 is 0. The molecule has 1 N–H and O–H groups in total. The Morgan fingerprint density at radius 2 is 1.41 bits per heavy atom. The van der Waals surface area contributed by atoms with E-state index >= 15 is 0 Å². The average molecular weight is 435 g/mol. The zero-order chi connectivity index (χ0) is 22.4. The summed E-state index contributed by atoms with van der Waals surface area (Å²) in [6.45, 7) is 0.641. The van der Waals surface area contributed by atoms with Gasteiger partial charge in [0.2, 0.25) is 0 Å². The van der Waals surface area contributed by atoms with Gasteiger partial charge < -0.3 is 9.84 Å². The molecule has 0 heterocycles. The van der Waals surface area contributed by atoms with Crippen LogP contribution in [0.15, 0.2) is 60.2 Å². The van der Waals surface area contributed by atoms with E-state index in [2.05, 4.69) is 42.5 Å². The second kappa shape index (κ2) is 13.8. The molecule has 172 valence electrons. The van der Waals surface area contributed by atoms with Gasteiger partial charge in [-0.1, -0.05) is 81.0 Å². The van der Waals surface area contributed by atoms with Crippen molar-refractivity contribution in [3.63, 3.8) is 0 Å². The molecule has 0 aliphatic heterocycles. The normalized spacial score (nSPS) is 16.1. The second-order valence-corrected chi connectivity index (χ2v) is 8.96. The molecule has 32 heavy (non-hydrogen) atoms. The monoisotopic (exact) mass is 434 g/mol. The Labute approximate surface area is 193 Å². The van der Waals surface area contributed by atoms with E-state index in [0.29, 0.717) is 13.0 Å². The molecule has 3 rings (SSSR count). The first kappa shape index (κ1) is 24.1. The Hall–Kier alpha value is -2.55. The SMILES string of the molecule is O=C(O)CCCc1ccc(OCC2=C(c3ccccc3)CCCCCCCCCC2)cc1. The lowest BCUT2D eigenvalue weighted by atomic mass is 9.91. The Morgan fingerprint density at radius 1 is 0.781 bits per heavy atom. The van der Waals surface area contributed by atoms with Gasteiger partial charge in [-0.3, -0.25) is 4.79 Å². The molecule has 0 fully saturated rings. The molecule has 0 atom stereocenters. The largest absolute Gasteiger partial charge is 0.489 e. The predicted octanol–water partition coefficient (Wildman–Crippen LogP) is 7.84. The van der Waals surface area contributed by atoms with Crippen LogP contribution in [0.2, 0.25) is 0 Å². The van der Waals surface area contributed by atoms with E-state index in [1.807, 2.05) is 12.1 Å². The van der Waals surface area contributed by atoms with Gasteiger partial charge in [-0.25, -0.2) is 0 Å². The van der Waals surface area contributed by atoms with Crippen molar-refractivity contribution in [1.29, 1.82) is 0 Å². The van der Waals surface area contributed by atoms with Gasteiger partial charge in [0.05, 0.1) is 0 Å². The molecule has 0 saturated carbocycles. The van der Waals surface area contributed by atoms with E-state index < -0.39 is 5.97 Å². The van der Waals surface area contributed by atoms with Crippen LogP contribution in [0.5, 0.6) is 5.75 Å². The summed E-state index contributed by atoms with van der Waals surface area (Å²) < 4.78 is 6.27. The lowest BCUT2D eigenvalue weighted by Gasteiger charge is -2.18. The summed E-state index contributed by atoms with van der Waals surface area (Å²) in [7, 11) is 0. The molecule has 1 aliphatic rings. The summed E-state index contributed by atoms with van der Waals surface area (Å²) in [4.78, 5) is 10.7. The summed E-state index contributed by atoms with van der Waals surface area (Å²) in [6.07, 6.45) is 14.5. The molecule has 0 bridgehead atoms.